The van der Waals surface area contributed by atoms with Crippen LogP contribution in [-0.2, 0) is 24.3 Å². The third kappa shape index (κ3) is 6.67. The number of nitrogens with one attached hydrogen (secondary N) is 1. The molecule has 0 spiro atoms. The molecule has 1 fully saturated rings. The Morgan fingerprint density at radius 1 is 1.21 bits per heavy atom. The number of rotatable bonds is 8. The standard InChI is InChI=1S/C19H27ClN2O6S/c1-14(12-27-2)21-18(23)13-28-19(24)15-7-8-16(20)17(11-15)29(25,26)22-9-5-3-4-6-10-22/h7-8,11,14H,3-6,9-10,12-13H2,1-2H3,(H,21,23). The molecule has 1 aliphatic rings. The van der Waals surface area contributed by atoms with E-state index in [9.17, 15) is 18.0 Å². The summed E-state index contributed by atoms with van der Waals surface area (Å²) in [7, 11) is -2.31. The van der Waals surface area contributed by atoms with Gasteiger partial charge in [0.05, 0.1) is 17.2 Å². The highest BCUT2D eigenvalue weighted by atomic mass is 35.5. The molecule has 0 saturated carbocycles. The van der Waals surface area contributed by atoms with E-state index in [0.717, 1.165) is 25.7 Å². The van der Waals surface area contributed by atoms with Crippen molar-refractivity contribution in [3.8, 4) is 0 Å². The summed E-state index contributed by atoms with van der Waals surface area (Å²) in [6.07, 6.45) is 3.54. The second-order valence-corrected chi connectivity index (χ2v) is 9.28. The minimum Gasteiger partial charge on any atom is -0.452 e. The fourth-order valence-electron chi connectivity index (χ4n) is 3.07. The molecule has 1 saturated heterocycles. The average Bonchev–Trinajstić information content (AvgIpc) is 2.96. The maximum Gasteiger partial charge on any atom is 0.338 e. The number of sulfonamides is 1. The van der Waals surface area contributed by atoms with Crippen molar-refractivity contribution in [2.75, 3.05) is 33.4 Å². The van der Waals surface area contributed by atoms with E-state index >= 15 is 0 Å². The van der Waals surface area contributed by atoms with Crippen molar-refractivity contribution >= 4 is 33.5 Å². The zero-order valence-corrected chi connectivity index (χ0v) is 18.2. The van der Waals surface area contributed by atoms with Gasteiger partial charge in [-0.1, -0.05) is 24.4 Å². The monoisotopic (exact) mass is 446 g/mol. The summed E-state index contributed by atoms with van der Waals surface area (Å²) >= 11 is 6.13. The minimum atomic E-state index is -3.83. The summed E-state index contributed by atoms with van der Waals surface area (Å²) < 4.78 is 37.3. The molecule has 0 bridgehead atoms. The highest BCUT2D eigenvalue weighted by Crippen LogP contribution is 2.28. The van der Waals surface area contributed by atoms with E-state index in [4.69, 9.17) is 21.1 Å². The molecule has 162 valence electrons. The molecule has 1 aromatic carbocycles. The first kappa shape index (κ1) is 23.6. The summed E-state index contributed by atoms with van der Waals surface area (Å²) in [5, 5.41) is 2.66. The summed E-state index contributed by atoms with van der Waals surface area (Å²) in [6, 6.07) is 3.70. The van der Waals surface area contributed by atoms with Crippen LogP contribution in [0.15, 0.2) is 23.1 Å². The Bertz CT molecular complexity index is 822. The fourth-order valence-corrected chi connectivity index (χ4v) is 5.09. The van der Waals surface area contributed by atoms with E-state index in [1.54, 1.807) is 6.92 Å². The lowest BCUT2D eigenvalue weighted by Crippen LogP contribution is -2.38. The number of benzene rings is 1. The molecule has 0 radical (unpaired) electrons. The summed E-state index contributed by atoms with van der Waals surface area (Å²) in [4.78, 5) is 24.0. The summed E-state index contributed by atoms with van der Waals surface area (Å²) in [5.74, 6) is -1.28. The van der Waals surface area contributed by atoms with Gasteiger partial charge in [-0.3, -0.25) is 4.79 Å². The van der Waals surface area contributed by atoms with Crippen molar-refractivity contribution in [1.29, 1.82) is 0 Å². The van der Waals surface area contributed by atoms with Crippen LogP contribution in [0.25, 0.3) is 0 Å². The van der Waals surface area contributed by atoms with E-state index < -0.39 is 28.5 Å². The van der Waals surface area contributed by atoms with Crippen LogP contribution in [0.2, 0.25) is 5.02 Å². The summed E-state index contributed by atoms with van der Waals surface area (Å²) in [5.41, 5.74) is 0.0144. The van der Waals surface area contributed by atoms with Crippen molar-refractivity contribution in [3.05, 3.63) is 28.8 Å². The van der Waals surface area contributed by atoms with Crippen LogP contribution >= 0.6 is 11.6 Å². The van der Waals surface area contributed by atoms with Gasteiger partial charge in [0.1, 0.15) is 4.90 Å². The van der Waals surface area contributed by atoms with E-state index in [-0.39, 0.29) is 21.5 Å². The summed E-state index contributed by atoms with van der Waals surface area (Å²) in [6.45, 7) is 2.45. The van der Waals surface area contributed by atoms with Crippen LogP contribution < -0.4 is 5.32 Å². The number of hydrogen-bond donors (Lipinski definition) is 1. The largest absolute Gasteiger partial charge is 0.452 e. The Kier molecular flexibility index (Phi) is 8.88. The molecule has 10 heteroatoms. The minimum absolute atomic E-state index is 0.0144. The number of methoxy groups -OCH3 is 1. The first-order valence-electron chi connectivity index (χ1n) is 9.51. The van der Waals surface area contributed by atoms with Gasteiger partial charge in [-0.05, 0) is 38.0 Å². The highest BCUT2D eigenvalue weighted by Gasteiger charge is 2.28. The second-order valence-electron chi connectivity index (χ2n) is 6.96. The van der Waals surface area contributed by atoms with E-state index in [0.29, 0.717) is 19.7 Å². The Morgan fingerprint density at radius 2 is 1.86 bits per heavy atom. The maximum absolute atomic E-state index is 13.0. The molecule has 0 aromatic heterocycles. The third-order valence-corrected chi connectivity index (χ3v) is 6.89. The predicted octanol–water partition coefficient (Wildman–Crippen LogP) is 2.21. The van der Waals surface area contributed by atoms with Gasteiger partial charge in [0.15, 0.2) is 6.61 Å². The van der Waals surface area contributed by atoms with Crippen LogP contribution in [0.1, 0.15) is 43.0 Å². The van der Waals surface area contributed by atoms with E-state index in [1.165, 1.54) is 29.6 Å². The first-order valence-corrected chi connectivity index (χ1v) is 11.3. The lowest BCUT2D eigenvalue weighted by molar-refractivity contribution is -0.125. The molecule has 1 unspecified atom stereocenters. The van der Waals surface area contributed by atoms with E-state index in [1.807, 2.05) is 0 Å². The Morgan fingerprint density at radius 3 is 2.48 bits per heavy atom. The normalized spacial score (nSPS) is 16.7. The zero-order valence-electron chi connectivity index (χ0n) is 16.6. The molecule has 1 atom stereocenters. The molecule has 8 nitrogen and oxygen atoms in total. The van der Waals surface area contributed by atoms with Gasteiger partial charge in [0, 0.05) is 26.2 Å². The number of hydrogen-bond acceptors (Lipinski definition) is 6. The molecule has 0 aliphatic carbocycles. The number of carbonyl (C=O) groups is 2. The molecule has 1 amide bonds. The fraction of sp³-hybridized carbons (Fsp3) is 0.579. The third-order valence-electron chi connectivity index (χ3n) is 4.51. The molecule has 1 aliphatic heterocycles. The van der Waals surface area contributed by atoms with Gasteiger partial charge in [-0.25, -0.2) is 13.2 Å². The molecular weight excluding hydrogens is 420 g/mol. The number of nitrogens with zero attached hydrogens (tertiary/aromatic N) is 1. The lowest BCUT2D eigenvalue weighted by atomic mass is 10.2. The van der Waals surface area contributed by atoms with Gasteiger partial charge >= 0.3 is 5.97 Å². The number of ether oxygens (including phenoxy) is 2. The van der Waals surface area contributed by atoms with Crippen LogP contribution in [0, 0.1) is 0 Å². The number of amides is 1. The van der Waals surface area contributed by atoms with Crippen LogP contribution in [0.5, 0.6) is 0 Å². The maximum atomic E-state index is 13.0. The lowest BCUT2D eigenvalue weighted by Gasteiger charge is -2.21. The van der Waals surface area contributed by atoms with Gasteiger partial charge in [0.2, 0.25) is 10.0 Å². The van der Waals surface area contributed by atoms with Crippen LogP contribution in [0.4, 0.5) is 0 Å². The van der Waals surface area contributed by atoms with Crippen molar-refractivity contribution in [3.63, 3.8) is 0 Å². The van der Waals surface area contributed by atoms with Gasteiger partial charge < -0.3 is 14.8 Å². The van der Waals surface area contributed by atoms with Crippen LogP contribution in [0.3, 0.4) is 0 Å². The highest BCUT2D eigenvalue weighted by molar-refractivity contribution is 7.89. The first-order chi connectivity index (χ1) is 13.8. The van der Waals surface area contributed by atoms with Gasteiger partial charge in [-0.2, -0.15) is 4.31 Å². The Hall–Kier alpha value is -1.68. The van der Waals surface area contributed by atoms with Crippen molar-refractivity contribution in [2.45, 2.75) is 43.5 Å². The molecule has 29 heavy (non-hydrogen) atoms. The van der Waals surface area contributed by atoms with E-state index in [2.05, 4.69) is 5.32 Å². The molecule has 2 rings (SSSR count). The second kappa shape index (κ2) is 10.9. The molecule has 1 heterocycles. The molecule has 1 aromatic rings. The topological polar surface area (TPSA) is 102 Å². The zero-order chi connectivity index (χ0) is 21.4. The average molecular weight is 447 g/mol. The van der Waals surface area contributed by atoms with Crippen LogP contribution in [-0.4, -0.2) is 64.1 Å². The predicted molar refractivity (Wildman–Crippen MR) is 108 cm³/mol. The van der Waals surface area contributed by atoms with Crippen molar-refractivity contribution < 1.29 is 27.5 Å². The number of carbonyl (C=O) groups excluding carboxylic acids is 2. The number of esters is 1. The molecular formula is C19H27ClN2O6S. The Balaban J connectivity index is 2.09. The molecule has 1 N–H and O–H groups in total. The number of halogens is 1. The quantitative estimate of drug-likeness (QED) is 0.614. The van der Waals surface area contributed by atoms with Crippen molar-refractivity contribution in [1.82, 2.24) is 9.62 Å². The van der Waals surface area contributed by atoms with Gasteiger partial charge in [-0.15, -0.1) is 0 Å². The van der Waals surface area contributed by atoms with Crippen molar-refractivity contribution in [2.24, 2.45) is 0 Å². The Labute approximate surface area is 176 Å². The SMILES string of the molecule is COCC(C)NC(=O)COC(=O)c1ccc(Cl)c(S(=O)(=O)N2CCCCCC2)c1. The smallest absolute Gasteiger partial charge is 0.338 e. The van der Waals surface area contributed by atoms with Gasteiger partial charge in [0.25, 0.3) is 5.91 Å².